The molecule has 2 rings (SSSR count). The maximum Gasteiger partial charge on any atom is 0.0545 e. The number of piperazine rings is 1. The van der Waals surface area contributed by atoms with Gasteiger partial charge in [0.2, 0.25) is 0 Å². The van der Waals surface area contributed by atoms with Crippen molar-refractivity contribution in [1.82, 2.24) is 10.2 Å². The van der Waals surface area contributed by atoms with Gasteiger partial charge in [0.1, 0.15) is 0 Å². The van der Waals surface area contributed by atoms with Gasteiger partial charge in [-0.05, 0) is 12.5 Å². The normalized spacial score (nSPS) is 24.0. The van der Waals surface area contributed by atoms with Crippen molar-refractivity contribution in [3.8, 4) is 12.3 Å². The Morgan fingerprint density at radius 3 is 2.95 bits per heavy atom. The summed E-state index contributed by atoms with van der Waals surface area (Å²) < 4.78 is 0. The lowest BCUT2D eigenvalue weighted by atomic mass is 9.90. The van der Waals surface area contributed by atoms with Gasteiger partial charge < -0.3 is 5.32 Å². The second-order valence-electron chi connectivity index (χ2n) is 5.16. The van der Waals surface area contributed by atoms with E-state index in [1.165, 1.54) is 5.56 Å². The van der Waals surface area contributed by atoms with Gasteiger partial charge >= 0.3 is 0 Å². The van der Waals surface area contributed by atoms with Crippen LogP contribution in [-0.4, -0.2) is 42.6 Å². The topological polar surface area (TPSA) is 15.3 Å². The fraction of sp³-hybridized carbons (Fsp3) is 0.500. The Bertz CT molecular complexity index is 426. The molecule has 0 spiro atoms. The van der Waals surface area contributed by atoms with Crippen molar-refractivity contribution in [2.75, 3.05) is 37.7 Å². The lowest BCUT2D eigenvalue weighted by Crippen LogP contribution is -2.56. The van der Waals surface area contributed by atoms with Gasteiger partial charge in [-0.25, -0.2) is 0 Å². The number of thioether (sulfide) groups is 1. The van der Waals surface area contributed by atoms with Crippen molar-refractivity contribution in [2.45, 2.75) is 12.5 Å². The largest absolute Gasteiger partial charge is 0.305 e. The van der Waals surface area contributed by atoms with Crippen LogP contribution in [0.1, 0.15) is 12.5 Å². The zero-order valence-corrected chi connectivity index (χ0v) is 12.4. The number of hydrogen-bond donors (Lipinski definition) is 1. The maximum absolute atomic E-state index is 5.27. The Kier molecular flexibility index (Phi) is 5.33. The molecule has 1 aliphatic rings. The Labute approximate surface area is 121 Å². The Morgan fingerprint density at radius 1 is 1.42 bits per heavy atom. The minimum Gasteiger partial charge on any atom is -0.305 e. The van der Waals surface area contributed by atoms with Crippen molar-refractivity contribution < 1.29 is 0 Å². The summed E-state index contributed by atoms with van der Waals surface area (Å²) in [5, 5.41) is 3.66. The van der Waals surface area contributed by atoms with E-state index >= 15 is 0 Å². The van der Waals surface area contributed by atoms with Gasteiger partial charge in [0.15, 0.2) is 0 Å². The summed E-state index contributed by atoms with van der Waals surface area (Å²) in [5.41, 5.74) is 1.44. The zero-order valence-electron chi connectivity index (χ0n) is 11.6. The molecule has 0 bridgehead atoms. The van der Waals surface area contributed by atoms with E-state index in [0.717, 1.165) is 37.7 Å². The van der Waals surface area contributed by atoms with E-state index in [-0.39, 0.29) is 5.54 Å². The molecule has 1 atom stereocenters. The highest BCUT2D eigenvalue weighted by Crippen LogP contribution is 2.24. The van der Waals surface area contributed by atoms with Gasteiger partial charge in [-0.2, -0.15) is 0 Å². The molecule has 1 saturated heterocycles. The summed E-state index contributed by atoms with van der Waals surface area (Å²) in [5.74, 6) is 4.62. The summed E-state index contributed by atoms with van der Waals surface area (Å²) in [6.45, 7) is 6.65. The molecule has 1 aromatic rings. The van der Waals surface area contributed by atoms with Gasteiger partial charge in [0, 0.05) is 31.9 Å². The molecule has 2 nitrogen and oxygen atoms in total. The van der Waals surface area contributed by atoms with Crippen LogP contribution in [0.15, 0.2) is 30.3 Å². The molecule has 1 heterocycles. The standard InChI is InChI=1S/C16H22N2S/c1-3-12-19-13-11-18-10-9-17-16(2,14-18)15-7-5-4-6-8-15/h1,4-8,17H,9-14H2,2H3. The number of hydrogen-bond acceptors (Lipinski definition) is 3. The van der Waals surface area contributed by atoms with Gasteiger partial charge in [-0.1, -0.05) is 36.3 Å². The van der Waals surface area contributed by atoms with Crippen molar-refractivity contribution in [3.63, 3.8) is 0 Å². The van der Waals surface area contributed by atoms with Crippen LogP contribution in [0.25, 0.3) is 0 Å². The van der Waals surface area contributed by atoms with E-state index in [2.05, 4.69) is 53.4 Å². The van der Waals surface area contributed by atoms with E-state index in [0.29, 0.717) is 0 Å². The second kappa shape index (κ2) is 7.00. The monoisotopic (exact) mass is 274 g/mol. The van der Waals surface area contributed by atoms with Crippen LogP contribution in [-0.2, 0) is 5.54 Å². The lowest BCUT2D eigenvalue weighted by Gasteiger charge is -2.42. The predicted molar refractivity (Wildman–Crippen MR) is 84.4 cm³/mol. The van der Waals surface area contributed by atoms with Crippen LogP contribution in [0.4, 0.5) is 0 Å². The number of benzene rings is 1. The smallest absolute Gasteiger partial charge is 0.0545 e. The molecule has 1 unspecified atom stereocenters. The van der Waals surface area contributed by atoms with Crippen LogP contribution >= 0.6 is 11.8 Å². The molecule has 1 aromatic carbocycles. The van der Waals surface area contributed by atoms with E-state index in [1.807, 2.05) is 11.8 Å². The van der Waals surface area contributed by atoms with E-state index in [1.54, 1.807) is 0 Å². The highest BCUT2D eigenvalue weighted by atomic mass is 32.2. The summed E-state index contributed by atoms with van der Waals surface area (Å²) in [7, 11) is 0. The lowest BCUT2D eigenvalue weighted by molar-refractivity contribution is 0.150. The SMILES string of the molecule is C#CCSCCN1CCNC(C)(c2ccccc2)C1. The minimum absolute atomic E-state index is 0.0658. The van der Waals surface area contributed by atoms with Gasteiger partial charge in [-0.15, -0.1) is 18.2 Å². The molecule has 102 valence electrons. The molecule has 19 heavy (non-hydrogen) atoms. The summed E-state index contributed by atoms with van der Waals surface area (Å²) in [6.07, 6.45) is 5.27. The first kappa shape index (κ1) is 14.5. The minimum atomic E-state index is 0.0658. The van der Waals surface area contributed by atoms with Crippen LogP contribution in [0, 0.1) is 12.3 Å². The molecule has 0 radical (unpaired) electrons. The summed E-state index contributed by atoms with van der Waals surface area (Å²) >= 11 is 1.84. The molecule has 0 aliphatic carbocycles. The van der Waals surface area contributed by atoms with Crippen LogP contribution < -0.4 is 5.32 Å². The Hall–Kier alpha value is -0.950. The fourth-order valence-electron chi connectivity index (χ4n) is 2.59. The van der Waals surface area contributed by atoms with Gasteiger partial charge in [-0.3, -0.25) is 4.90 Å². The van der Waals surface area contributed by atoms with Crippen molar-refractivity contribution in [2.24, 2.45) is 0 Å². The molecular formula is C16H22N2S. The Balaban J connectivity index is 1.91. The first-order chi connectivity index (χ1) is 9.24. The fourth-order valence-corrected chi connectivity index (χ4v) is 3.24. The van der Waals surface area contributed by atoms with Crippen molar-refractivity contribution >= 4 is 11.8 Å². The number of nitrogens with one attached hydrogen (secondary N) is 1. The highest BCUT2D eigenvalue weighted by Gasteiger charge is 2.31. The average molecular weight is 274 g/mol. The quantitative estimate of drug-likeness (QED) is 0.654. The number of nitrogens with zero attached hydrogens (tertiary/aromatic N) is 1. The average Bonchev–Trinajstić information content (AvgIpc) is 2.45. The first-order valence-electron chi connectivity index (χ1n) is 6.79. The third kappa shape index (κ3) is 4.01. The van der Waals surface area contributed by atoms with Crippen molar-refractivity contribution in [3.05, 3.63) is 35.9 Å². The molecule has 0 aromatic heterocycles. The first-order valence-corrected chi connectivity index (χ1v) is 7.94. The summed E-state index contributed by atoms with van der Waals surface area (Å²) in [6, 6.07) is 10.7. The highest BCUT2D eigenvalue weighted by molar-refractivity contribution is 7.99. The second-order valence-corrected chi connectivity index (χ2v) is 6.26. The third-order valence-corrected chi connectivity index (χ3v) is 4.47. The van der Waals surface area contributed by atoms with Gasteiger partial charge in [0.05, 0.1) is 11.3 Å². The predicted octanol–water partition coefficient (Wildman–Crippen LogP) is 2.17. The number of terminal acetylenes is 1. The molecule has 0 saturated carbocycles. The molecule has 1 fully saturated rings. The van der Waals surface area contributed by atoms with E-state index < -0.39 is 0 Å². The zero-order chi connectivity index (χ0) is 13.6. The van der Waals surface area contributed by atoms with Crippen LogP contribution in [0.2, 0.25) is 0 Å². The molecule has 1 N–H and O–H groups in total. The van der Waals surface area contributed by atoms with E-state index in [4.69, 9.17) is 6.42 Å². The molecule has 1 aliphatic heterocycles. The summed E-state index contributed by atoms with van der Waals surface area (Å²) in [4.78, 5) is 2.53. The number of rotatable bonds is 5. The van der Waals surface area contributed by atoms with Crippen LogP contribution in [0.3, 0.4) is 0 Å². The van der Waals surface area contributed by atoms with E-state index in [9.17, 15) is 0 Å². The molecule has 3 heteroatoms. The molecular weight excluding hydrogens is 252 g/mol. The van der Waals surface area contributed by atoms with Gasteiger partial charge in [0.25, 0.3) is 0 Å². The Morgan fingerprint density at radius 2 is 2.21 bits per heavy atom. The maximum atomic E-state index is 5.27. The van der Waals surface area contributed by atoms with Crippen LogP contribution in [0.5, 0.6) is 0 Å². The van der Waals surface area contributed by atoms with Crippen molar-refractivity contribution in [1.29, 1.82) is 0 Å². The third-order valence-electron chi connectivity index (χ3n) is 3.63. The molecule has 0 amide bonds.